The molecule has 5 nitrogen and oxygen atoms in total. The van der Waals surface area contributed by atoms with Gasteiger partial charge in [-0.05, 0) is 30.7 Å². The Kier molecular flexibility index (Phi) is 4.14. The van der Waals surface area contributed by atoms with Gasteiger partial charge in [0.05, 0.1) is 11.8 Å². The molecule has 2 aromatic rings. The molecular formula is C14H12FNO4. The maximum atomic E-state index is 13.1. The second-order valence-electron chi connectivity index (χ2n) is 4.10. The van der Waals surface area contributed by atoms with Crippen molar-refractivity contribution in [1.29, 1.82) is 0 Å². The molecule has 104 valence electrons. The predicted octanol–water partition coefficient (Wildman–Crippen LogP) is 2.52. The molecule has 0 aliphatic rings. The number of hydrogen-bond acceptors (Lipinski definition) is 4. The number of esters is 1. The van der Waals surface area contributed by atoms with Crippen LogP contribution in [0.25, 0.3) is 0 Å². The molecule has 1 heterocycles. The Bertz CT molecular complexity index is 622. The summed E-state index contributed by atoms with van der Waals surface area (Å²) in [6.07, 6.45) is 2.55. The molecule has 1 amide bonds. The van der Waals surface area contributed by atoms with Crippen LogP contribution in [-0.2, 0) is 9.53 Å². The number of amides is 1. The van der Waals surface area contributed by atoms with E-state index in [-0.39, 0.29) is 5.56 Å². The summed E-state index contributed by atoms with van der Waals surface area (Å²) >= 11 is 0. The van der Waals surface area contributed by atoms with E-state index >= 15 is 0 Å². The molecule has 0 bridgehead atoms. The molecule has 1 aromatic carbocycles. The lowest BCUT2D eigenvalue weighted by Crippen LogP contribution is -2.21. The number of hydrogen-bond donors (Lipinski definition) is 1. The number of furan rings is 1. The lowest BCUT2D eigenvalue weighted by molar-refractivity contribution is -0.119. The summed E-state index contributed by atoms with van der Waals surface area (Å²) in [5.74, 6) is -1.67. The first-order valence-electron chi connectivity index (χ1n) is 5.81. The van der Waals surface area contributed by atoms with Gasteiger partial charge in [-0.1, -0.05) is 6.07 Å². The number of benzene rings is 1. The molecular weight excluding hydrogens is 265 g/mol. The second-order valence-corrected chi connectivity index (χ2v) is 4.10. The van der Waals surface area contributed by atoms with Crippen molar-refractivity contribution in [2.45, 2.75) is 6.92 Å². The number of anilines is 1. The highest BCUT2D eigenvalue weighted by atomic mass is 19.1. The minimum absolute atomic E-state index is 0.222. The van der Waals surface area contributed by atoms with Crippen LogP contribution < -0.4 is 5.32 Å². The fourth-order valence-corrected chi connectivity index (χ4v) is 1.51. The Morgan fingerprint density at radius 3 is 2.85 bits per heavy atom. The molecule has 2 rings (SSSR count). The van der Waals surface area contributed by atoms with E-state index in [1.54, 1.807) is 13.0 Å². The lowest BCUT2D eigenvalue weighted by atomic mass is 10.2. The zero-order valence-corrected chi connectivity index (χ0v) is 10.7. The highest BCUT2D eigenvalue weighted by Gasteiger charge is 2.12. The fourth-order valence-electron chi connectivity index (χ4n) is 1.51. The molecule has 0 saturated heterocycles. The molecule has 1 N–H and O–H groups in total. The first-order chi connectivity index (χ1) is 9.56. The smallest absolute Gasteiger partial charge is 0.341 e. The van der Waals surface area contributed by atoms with E-state index in [1.807, 2.05) is 0 Å². The highest BCUT2D eigenvalue weighted by molar-refractivity contribution is 5.95. The fraction of sp³-hybridized carbons (Fsp3) is 0.143. The van der Waals surface area contributed by atoms with Crippen LogP contribution in [0.2, 0.25) is 0 Å². The van der Waals surface area contributed by atoms with E-state index in [0.717, 1.165) is 0 Å². The van der Waals surface area contributed by atoms with E-state index in [2.05, 4.69) is 5.32 Å². The van der Waals surface area contributed by atoms with Gasteiger partial charge in [0.2, 0.25) is 0 Å². The molecule has 6 heteroatoms. The van der Waals surface area contributed by atoms with Crippen LogP contribution in [0.15, 0.2) is 41.2 Å². The maximum absolute atomic E-state index is 13.1. The molecule has 0 aliphatic carbocycles. The summed E-state index contributed by atoms with van der Waals surface area (Å²) in [7, 11) is 0. The molecule has 0 fully saturated rings. The van der Waals surface area contributed by atoms with Gasteiger partial charge in [-0.3, -0.25) is 4.79 Å². The predicted molar refractivity (Wildman–Crippen MR) is 68.8 cm³/mol. The van der Waals surface area contributed by atoms with E-state index in [0.29, 0.717) is 11.3 Å². The van der Waals surface area contributed by atoms with Crippen LogP contribution in [0.4, 0.5) is 10.1 Å². The van der Waals surface area contributed by atoms with Gasteiger partial charge in [-0.25, -0.2) is 9.18 Å². The zero-order valence-electron chi connectivity index (χ0n) is 10.7. The van der Waals surface area contributed by atoms with Crippen LogP contribution in [0, 0.1) is 12.7 Å². The van der Waals surface area contributed by atoms with Gasteiger partial charge in [0.25, 0.3) is 5.91 Å². The van der Waals surface area contributed by atoms with Crippen molar-refractivity contribution in [1.82, 2.24) is 0 Å². The topological polar surface area (TPSA) is 68.5 Å². The Hall–Kier alpha value is -2.63. The van der Waals surface area contributed by atoms with Crippen molar-refractivity contribution in [3.05, 3.63) is 53.7 Å². The minimum Gasteiger partial charge on any atom is -0.472 e. The lowest BCUT2D eigenvalue weighted by Gasteiger charge is -2.08. The third kappa shape index (κ3) is 3.44. The third-order valence-corrected chi connectivity index (χ3v) is 2.56. The number of halogens is 1. The van der Waals surface area contributed by atoms with Crippen LogP contribution in [-0.4, -0.2) is 18.5 Å². The molecule has 0 aliphatic heterocycles. The second kappa shape index (κ2) is 6.01. The van der Waals surface area contributed by atoms with E-state index in [9.17, 15) is 14.0 Å². The summed E-state index contributed by atoms with van der Waals surface area (Å²) < 4.78 is 22.6. The van der Waals surface area contributed by atoms with Crippen LogP contribution in [0.3, 0.4) is 0 Å². The average Bonchev–Trinajstić information content (AvgIpc) is 2.94. The Morgan fingerprint density at radius 1 is 1.35 bits per heavy atom. The Labute approximate surface area is 114 Å². The number of carbonyl (C=O) groups is 2. The Morgan fingerprint density at radius 2 is 2.15 bits per heavy atom. The van der Waals surface area contributed by atoms with Gasteiger partial charge < -0.3 is 14.5 Å². The normalized spacial score (nSPS) is 10.1. The molecule has 1 aromatic heterocycles. The summed E-state index contributed by atoms with van der Waals surface area (Å²) in [5.41, 5.74) is 1.27. The molecule has 0 saturated carbocycles. The van der Waals surface area contributed by atoms with Gasteiger partial charge in [0.1, 0.15) is 12.1 Å². The summed E-state index contributed by atoms with van der Waals surface area (Å²) in [5, 5.41) is 2.47. The van der Waals surface area contributed by atoms with E-state index in [4.69, 9.17) is 9.15 Å². The zero-order chi connectivity index (χ0) is 14.5. The first kappa shape index (κ1) is 13.8. The Balaban J connectivity index is 1.90. The van der Waals surface area contributed by atoms with E-state index in [1.165, 1.54) is 30.7 Å². The van der Waals surface area contributed by atoms with Crippen molar-refractivity contribution in [3.8, 4) is 0 Å². The number of ether oxygens (including phenoxy) is 1. The molecule has 0 atom stereocenters. The molecule has 0 unspecified atom stereocenters. The van der Waals surface area contributed by atoms with Crippen LogP contribution >= 0.6 is 0 Å². The molecule has 20 heavy (non-hydrogen) atoms. The first-order valence-corrected chi connectivity index (χ1v) is 5.81. The van der Waals surface area contributed by atoms with Gasteiger partial charge in [0.15, 0.2) is 6.61 Å². The summed E-state index contributed by atoms with van der Waals surface area (Å²) in [6.45, 7) is 1.27. The summed E-state index contributed by atoms with van der Waals surface area (Å²) in [6, 6.07) is 5.47. The largest absolute Gasteiger partial charge is 0.472 e. The van der Waals surface area contributed by atoms with Crippen molar-refractivity contribution >= 4 is 17.6 Å². The highest BCUT2D eigenvalue weighted by Crippen LogP contribution is 2.15. The third-order valence-electron chi connectivity index (χ3n) is 2.56. The standard InChI is InChI=1S/C14H12FNO4/c1-9-2-3-11(15)6-12(9)16-13(17)8-20-14(18)10-4-5-19-7-10/h2-7H,8H2,1H3,(H,16,17). The van der Waals surface area contributed by atoms with Crippen LogP contribution in [0.1, 0.15) is 15.9 Å². The van der Waals surface area contributed by atoms with Crippen molar-refractivity contribution < 1.29 is 23.1 Å². The summed E-state index contributed by atoms with van der Waals surface area (Å²) in [4.78, 5) is 23.1. The monoisotopic (exact) mass is 277 g/mol. The van der Waals surface area contributed by atoms with Gasteiger partial charge in [0, 0.05) is 5.69 Å². The number of nitrogens with one attached hydrogen (secondary N) is 1. The van der Waals surface area contributed by atoms with Crippen molar-refractivity contribution in [2.75, 3.05) is 11.9 Å². The maximum Gasteiger partial charge on any atom is 0.341 e. The van der Waals surface area contributed by atoms with Gasteiger partial charge in [-0.15, -0.1) is 0 Å². The van der Waals surface area contributed by atoms with Gasteiger partial charge in [-0.2, -0.15) is 0 Å². The minimum atomic E-state index is -0.662. The average molecular weight is 277 g/mol. The number of carbonyl (C=O) groups excluding carboxylic acids is 2. The van der Waals surface area contributed by atoms with E-state index < -0.39 is 24.3 Å². The SMILES string of the molecule is Cc1ccc(F)cc1NC(=O)COC(=O)c1ccoc1. The number of rotatable bonds is 4. The van der Waals surface area contributed by atoms with Crippen molar-refractivity contribution in [2.24, 2.45) is 0 Å². The number of aryl methyl sites for hydroxylation is 1. The van der Waals surface area contributed by atoms with Crippen LogP contribution in [0.5, 0.6) is 0 Å². The van der Waals surface area contributed by atoms with Gasteiger partial charge >= 0.3 is 5.97 Å². The quantitative estimate of drug-likeness (QED) is 0.872. The molecule has 0 spiro atoms. The molecule has 0 radical (unpaired) electrons. The van der Waals surface area contributed by atoms with Crippen molar-refractivity contribution in [3.63, 3.8) is 0 Å².